The highest BCUT2D eigenvalue weighted by Gasteiger charge is 2.18. The van der Waals surface area contributed by atoms with Gasteiger partial charge in [-0.05, 0) is 56.5 Å². The van der Waals surface area contributed by atoms with Gasteiger partial charge in [-0.2, -0.15) is 0 Å². The molecule has 0 spiro atoms. The molecule has 2 N–H and O–H groups in total. The third-order valence-electron chi connectivity index (χ3n) is 4.03. The number of pyridine rings is 1. The molecule has 3 heterocycles. The fourth-order valence-corrected chi connectivity index (χ4v) is 3.04. The highest BCUT2D eigenvalue weighted by molar-refractivity contribution is 5.43. The number of piperidine rings is 1. The Balaban J connectivity index is 1.77. The van der Waals surface area contributed by atoms with Crippen LogP contribution in [0, 0.1) is 5.92 Å². The molecule has 4 heteroatoms. The van der Waals surface area contributed by atoms with E-state index in [4.69, 9.17) is 10.7 Å². The topological polar surface area (TPSA) is 46.6 Å². The first-order valence-electron chi connectivity index (χ1n) is 7.10. The van der Waals surface area contributed by atoms with Crippen molar-refractivity contribution in [3.8, 4) is 0 Å². The van der Waals surface area contributed by atoms with Crippen LogP contribution < -0.4 is 5.73 Å². The SMILES string of the molecule is CN1CCCC(Cc2cn3ccc(CN)cc3n2)C1. The summed E-state index contributed by atoms with van der Waals surface area (Å²) in [6, 6.07) is 4.14. The highest BCUT2D eigenvalue weighted by Crippen LogP contribution is 2.20. The Labute approximate surface area is 114 Å². The number of rotatable bonds is 3. The van der Waals surface area contributed by atoms with E-state index >= 15 is 0 Å². The summed E-state index contributed by atoms with van der Waals surface area (Å²) < 4.78 is 2.10. The first-order valence-corrected chi connectivity index (χ1v) is 7.10. The maximum atomic E-state index is 5.67. The van der Waals surface area contributed by atoms with Gasteiger partial charge in [-0.15, -0.1) is 0 Å². The second-order valence-electron chi connectivity index (χ2n) is 5.71. The molecule has 2 aromatic rings. The lowest BCUT2D eigenvalue weighted by molar-refractivity contribution is 0.208. The Kier molecular flexibility index (Phi) is 3.53. The van der Waals surface area contributed by atoms with Crippen molar-refractivity contribution in [2.45, 2.75) is 25.8 Å². The van der Waals surface area contributed by atoms with Crippen LogP contribution in [0.2, 0.25) is 0 Å². The molecule has 2 aromatic heterocycles. The number of likely N-dealkylation sites (tertiary alicyclic amines) is 1. The summed E-state index contributed by atoms with van der Waals surface area (Å²) in [4.78, 5) is 7.16. The second kappa shape index (κ2) is 5.31. The number of aromatic nitrogens is 2. The van der Waals surface area contributed by atoms with Crippen LogP contribution in [0.4, 0.5) is 0 Å². The minimum absolute atomic E-state index is 0.576. The molecule has 0 aromatic carbocycles. The number of nitrogens with two attached hydrogens (primary N) is 1. The van der Waals surface area contributed by atoms with Crippen molar-refractivity contribution in [1.82, 2.24) is 14.3 Å². The quantitative estimate of drug-likeness (QED) is 0.911. The smallest absolute Gasteiger partial charge is 0.137 e. The molecule has 0 radical (unpaired) electrons. The van der Waals surface area contributed by atoms with Crippen LogP contribution in [0.15, 0.2) is 24.5 Å². The van der Waals surface area contributed by atoms with Gasteiger partial charge in [0.05, 0.1) is 5.69 Å². The lowest BCUT2D eigenvalue weighted by atomic mass is 9.94. The van der Waals surface area contributed by atoms with E-state index in [-0.39, 0.29) is 0 Å². The number of nitrogens with zero attached hydrogens (tertiary/aromatic N) is 3. The molecule has 3 rings (SSSR count). The van der Waals surface area contributed by atoms with Crippen LogP contribution in [-0.4, -0.2) is 34.4 Å². The van der Waals surface area contributed by atoms with Gasteiger partial charge >= 0.3 is 0 Å². The zero-order chi connectivity index (χ0) is 13.2. The second-order valence-corrected chi connectivity index (χ2v) is 5.71. The van der Waals surface area contributed by atoms with Crippen molar-refractivity contribution in [2.24, 2.45) is 11.7 Å². The first-order chi connectivity index (χ1) is 9.24. The van der Waals surface area contributed by atoms with E-state index in [1.54, 1.807) is 0 Å². The number of imidazole rings is 1. The van der Waals surface area contributed by atoms with Crippen molar-refractivity contribution < 1.29 is 0 Å². The van der Waals surface area contributed by atoms with E-state index < -0.39 is 0 Å². The van der Waals surface area contributed by atoms with E-state index in [0.29, 0.717) is 6.54 Å². The predicted octanol–water partition coefficient (Wildman–Crippen LogP) is 1.68. The van der Waals surface area contributed by atoms with Crippen LogP contribution in [0.5, 0.6) is 0 Å². The summed E-state index contributed by atoms with van der Waals surface area (Å²) in [5.41, 5.74) is 9.03. The molecule has 4 nitrogen and oxygen atoms in total. The fourth-order valence-electron chi connectivity index (χ4n) is 3.04. The zero-order valence-electron chi connectivity index (χ0n) is 11.5. The van der Waals surface area contributed by atoms with Gasteiger partial charge in [0.2, 0.25) is 0 Å². The standard InChI is InChI=1S/C15H22N4/c1-18-5-2-3-13(10-18)7-14-11-19-6-4-12(9-16)8-15(19)17-14/h4,6,8,11,13H,2-3,5,7,9-10,16H2,1H3. The molecule has 1 unspecified atom stereocenters. The predicted molar refractivity (Wildman–Crippen MR) is 77.0 cm³/mol. The first kappa shape index (κ1) is 12.6. The summed E-state index contributed by atoms with van der Waals surface area (Å²) in [5.74, 6) is 0.748. The molecule has 19 heavy (non-hydrogen) atoms. The Bertz CT molecular complexity index is 560. The molecule has 0 saturated carbocycles. The third-order valence-corrected chi connectivity index (χ3v) is 4.03. The van der Waals surface area contributed by atoms with Crippen molar-refractivity contribution in [3.05, 3.63) is 35.8 Å². The summed E-state index contributed by atoms with van der Waals surface area (Å²) in [6.45, 7) is 3.01. The van der Waals surface area contributed by atoms with Gasteiger partial charge in [0.25, 0.3) is 0 Å². The average Bonchev–Trinajstić information content (AvgIpc) is 2.79. The lowest BCUT2D eigenvalue weighted by Gasteiger charge is -2.29. The molecule has 1 saturated heterocycles. The van der Waals surface area contributed by atoms with Gasteiger partial charge in [-0.25, -0.2) is 4.98 Å². The maximum Gasteiger partial charge on any atom is 0.137 e. The van der Waals surface area contributed by atoms with Crippen LogP contribution >= 0.6 is 0 Å². The summed E-state index contributed by atoms with van der Waals surface area (Å²) >= 11 is 0. The largest absolute Gasteiger partial charge is 0.326 e. The van der Waals surface area contributed by atoms with Crippen molar-refractivity contribution in [3.63, 3.8) is 0 Å². The molecular weight excluding hydrogens is 236 g/mol. The molecule has 0 amide bonds. The van der Waals surface area contributed by atoms with Crippen molar-refractivity contribution in [1.29, 1.82) is 0 Å². The van der Waals surface area contributed by atoms with Gasteiger partial charge in [0.1, 0.15) is 5.65 Å². The Morgan fingerprint density at radius 1 is 1.47 bits per heavy atom. The van der Waals surface area contributed by atoms with E-state index in [2.05, 4.69) is 40.9 Å². The van der Waals surface area contributed by atoms with Crippen LogP contribution in [-0.2, 0) is 13.0 Å². The summed E-state index contributed by atoms with van der Waals surface area (Å²) in [6.07, 6.45) is 7.94. The highest BCUT2D eigenvalue weighted by atomic mass is 15.1. The molecule has 0 aliphatic carbocycles. The van der Waals surface area contributed by atoms with E-state index in [1.807, 2.05) is 0 Å². The minimum atomic E-state index is 0.576. The monoisotopic (exact) mass is 258 g/mol. The van der Waals surface area contributed by atoms with Crippen LogP contribution in [0.25, 0.3) is 5.65 Å². The van der Waals surface area contributed by atoms with E-state index in [1.165, 1.54) is 31.6 Å². The Hall–Kier alpha value is -1.39. The molecule has 1 atom stereocenters. The van der Waals surface area contributed by atoms with Gasteiger partial charge in [0, 0.05) is 25.5 Å². The van der Waals surface area contributed by atoms with Gasteiger partial charge in [-0.3, -0.25) is 0 Å². The Morgan fingerprint density at radius 2 is 2.37 bits per heavy atom. The third kappa shape index (κ3) is 2.80. The maximum absolute atomic E-state index is 5.67. The molecular formula is C15H22N4. The zero-order valence-corrected chi connectivity index (χ0v) is 11.5. The number of fused-ring (bicyclic) bond motifs is 1. The number of hydrogen-bond donors (Lipinski definition) is 1. The summed E-state index contributed by atoms with van der Waals surface area (Å²) in [7, 11) is 2.21. The van der Waals surface area contributed by atoms with Crippen LogP contribution in [0.3, 0.4) is 0 Å². The number of hydrogen-bond acceptors (Lipinski definition) is 3. The van der Waals surface area contributed by atoms with Gasteiger partial charge in [0.15, 0.2) is 0 Å². The minimum Gasteiger partial charge on any atom is -0.326 e. The normalized spacial score (nSPS) is 21.1. The average molecular weight is 258 g/mol. The fraction of sp³-hybridized carbons (Fsp3) is 0.533. The van der Waals surface area contributed by atoms with Gasteiger partial charge in [-0.1, -0.05) is 0 Å². The molecule has 1 aliphatic heterocycles. The molecule has 102 valence electrons. The van der Waals surface area contributed by atoms with E-state index in [0.717, 1.165) is 23.5 Å². The van der Waals surface area contributed by atoms with E-state index in [9.17, 15) is 0 Å². The molecule has 1 fully saturated rings. The van der Waals surface area contributed by atoms with Crippen molar-refractivity contribution >= 4 is 5.65 Å². The van der Waals surface area contributed by atoms with Crippen LogP contribution in [0.1, 0.15) is 24.1 Å². The van der Waals surface area contributed by atoms with Crippen molar-refractivity contribution in [2.75, 3.05) is 20.1 Å². The lowest BCUT2D eigenvalue weighted by Crippen LogP contribution is -2.33. The van der Waals surface area contributed by atoms with Gasteiger partial charge < -0.3 is 15.0 Å². The molecule has 0 bridgehead atoms. The summed E-state index contributed by atoms with van der Waals surface area (Å²) in [5, 5.41) is 0. The Morgan fingerprint density at radius 3 is 3.16 bits per heavy atom. The molecule has 1 aliphatic rings.